The zero-order chi connectivity index (χ0) is 19.9. The Morgan fingerprint density at radius 3 is 2.54 bits per heavy atom. The van der Waals surface area contributed by atoms with Crippen LogP contribution in [0.15, 0.2) is 41.0 Å². The van der Waals surface area contributed by atoms with Gasteiger partial charge in [-0.3, -0.25) is 5.01 Å². The van der Waals surface area contributed by atoms with Crippen molar-refractivity contribution in [1.82, 2.24) is 15.6 Å². The van der Waals surface area contributed by atoms with Crippen LogP contribution in [0.5, 0.6) is 0 Å². The molecule has 26 heavy (non-hydrogen) atoms. The molecule has 0 radical (unpaired) electrons. The van der Waals surface area contributed by atoms with E-state index in [1.165, 1.54) is 25.7 Å². The topological polar surface area (TPSA) is 59.9 Å². The lowest BCUT2D eigenvalue weighted by atomic mass is 9.73. The van der Waals surface area contributed by atoms with Crippen LogP contribution in [0.3, 0.4) is 0 Å². The molecule has 146 valence electrons. The summed E-state index contributed by atoms with van der Waals surface area (Å²) in [5.41, 5.74) is 2.82. The van der Waals surface area contributed by atoms with Gasteiger partial charge in [0.1, 0.15) is 10.7 Å². The number of aliphatic hydroxyl groups is 1. The summed E-state index contributed by atoms with van der Waals surface area (Å²) in [7, 11) is 3.53. The molecule has 0 bridgehead atoms. The molecule has 6 heteroatoms. The Hall–Kier alpha value is -1.82. The fourth-order valence-electron chi connectivity index (χ4n) is 3.50. The summed E-state index contributed by atoms with van der Waals surface area (Å²) in [6.07, 6.45) is 7.43. The number of nitrogens with one attached hydrogen (secondary N) is 2. The first-order valence-electron chi connectivity index (χ1n) is 9.13. The molecule has 1 saturated carbocycles. The second-order valence-corrected chi connectivity index (χ2v) is 8.21. The molecule has 0 amide bonds. The number of hydrogen-bond donors (Lipinski definition) is 3. The highest BCUT2D eigenvalue weighted by molar-refractivity contribution is 7.80. The highest BCUT2D eigenvalue weighted by Gasteiger charge is 2.25. The van der Waals surface area contributed by atoms with E-state index in [9.17, 15) is 5.11 Å². The largest absolute Gasteiger partial charge is 0.511 e. The van der Waals surface area contributed by atoms with Gasteiger partial charge in [0.2, 0.25) is 0 Å². The van der Waals surface area contributed by atoms with Crippen molar-refractivity contribution < 1.29 is 5.11 Å². The van der Waals surface area contributed by atoms with Crippen molar-refractivity contribution in [2.75, 3.05) is 20.6 Å². The van der Waals surface area contributed by atoms with Crippen molar-refractivity contribution in [3.05, 3.63) is 35.9 Å². The third kappa shape index (κ3) is 6.48. The summed E-state index contributed by atoms with van der Waals surface area (Å²) in [6, 6.07) is 0. The van der Waals surface area contributed by atoms with E-state index in [0.29, 0.717) is 16.1 Å². The predicted molar refractivity (Wildman–Crippen MR) is 115 cm³/mol. The van der Waals surface area contributed by atoms with Gasteiger partial charge in [-0.15, -0.1) is 0 Å². The average molecular weight is 379 g/mol. The van der Waals surface area contributed by atoms with Crippen molar-refractivity contribution in [2.45, 2.75) is 46.5 Å². The second-order valence-electron chi connectivity index (χ2n) is 7.80. The molecule has 1 fully saturated rings. The highest BCUT2D eigenvalue weighted by Crippen LogP contribution is 2.37. The van der Waals surface area contributed by atoms with Gasteiger partial charge in [0, 0.05) is 14.1 Å². The summed E-state index contributed by atoms with van der Waals surface area (Å²) in [4.78, 5) is 0.569. The van der Waals surface area contributed by atoms with Crippen LogP contribution in [-0.2, 0) is 0 Å². The minimum absolute atomic E-state index is 0.0194. The lowest BCUT2D eigenvalue weighted by Crippen LogP contribution is -2.33. The molecule has 1 aliphatic heterocycles. The van der Waals surface area contributed by atoms with Crippen LogP contribution in [0, 0.1) is 11.3 Å². The Kier molecular flexibility index (Phi) is 8.34. The molecule has 1 aliphatic carbocycles. The zero-order valence-corrected chi connectivity index (χ0v) is 17.7. The van der Waals surface area contributed by atoms with Gasteiger partial charge in [-0.05, 0) is 24.2 Å². The van der Waals surface area contributed by atoms with Crippen LogP contribution >= 0.6 is 12.2 Å². The Morgan fingerprint density at radius 2 is 2.12 bits per heavy atom. The normalized spacial score (nSPS) is 21.7. The maximum Gasteiger partial charge on any atom is 0.110 e. The van der Waals surface area contributed by atoms with E-state index >= 15 is 0 Å². The first-order valence-corrected chi connectivity index (χ1v) is 9.53. The third-order valence-electron chi connectivity index (χ3n) is 4.70. The minimum atomic E-state index is 0.0194. The summed E-state index contributed by atoms with van der Waals surface area (Å²) in [6.45, 7) is 14.7. The molecule has 2 aliphatic rings. The standard InChI is InChI=1S/C11H16N4OS.C9H18/c1-7(16)6-15-8(2)10(11(17)13-4)9(12-3)5-14-15;1-8-5-4-6-9(2,3)7-8/h5,12,16H,1-2,6H2,3-4H3,(H,13,17);8H,4-7H2,1-3H3/t;8-/m.0/s1. The minimum Gasteiger partial charge on any atom is -0.511 e. The van der Waals surface area contributed by atoms with E-state index in [2.05, 4.69) is 49.7 Å². The smallest absolute Gasteiger partial charge is 0.110 e. The van der Waals surface area contributed by atoms with Crippen molar-refractivity contribution in [1.29, 1.82) is 0 Å². The number of thiocarbonyl (C=S) groups is 1. The average Bonchev–Trinajstić information content (AvgIpc) is 2.54. The van der Waals surface area contributed by atoms with Crippen molar-refractivity contribution in [2.24, 2.45) is 16.4 Å². The first-order chi connectivity index (χ1) is 12.1. The van der Waals surface area contributed by atoms with Gasteiger partial charge in [0.15, 0.2) is 0 Å². The number of aliphatic hydroxyl groups excluding tert-OH is 1. The molecule has 3 N–H and O–H groups in total. The van der Waals surface area contributed by atoms with Crippen molar-refractivity contribution >= 4 is 23.4 Å². The van der Waals surface area contributed by atoms with E-state index in [0.717, 1.165) is 17.2 Å². The Labute approximate surface area is 163 Å². The number of likely N-dealkylation sites (N-methyl/N-ethyl adjacent to an activating group) is 1. The maximum atomic E-state index is 9.20. The van der Waals surface area contributed by atoms with Crippen LogP contribution in [0.1, 0.15) is 46.5 Å². The summed E-state index contributed by atoms with van der Waals surface area (Å²) < 4.78 is 0. The van der Waals surface area contributed by atoms with Gasteiger partial charge in [0.25, 0.3) is 0 Å². The first kappa shape index (κ1) is 22.2. The molecule has 0 spiro atoms. The second kappa shape index (κ2) is 9.76. The van der Waals surface area contributed by atoms with Crippen molar-refractivity contribution in [3.8, 4) is 0 Å². The lowest BCUT2D eigenvalue weighted by Gasteiger charge is -2.33. The van der Waals surface area contributed by atoms with Gasteiger partial charge < -0.3 is 15.7 Å². The van der Waals surface area contributed by atoms with E-state index in [1.54, 1.807) is 25.3 Å². The quantitative estimate of drug-likeness (QED) is 0.507. The highest BCUT2D eigenvalue weighted by atomic mass is 32.1. The molecular weight excluding hydrogens is 344 g/mol. The third-order valence-corrected chi connectivity index (χ3v) is 5.11. The van der Waals surface area contributed by atoms with Gasteiger partial charge in [-0.2, -0.15) is 5.10 Å². The zero-order valence-electron chi connectivity index (χ0n) is 16.9. The molecule has 0 unspecified atom stereocenters. The van der Waals surface area contributed by atoms with E-state index in [1.807, 2.05) is 0 Å². The number of allylic oxidation sites excluding steroid dienone is 1. The molecule has 0 saturated heterocycles. The van der Waals surface area contributed by atoms with Gasteiger partial charge in [-0.25, -0.2) is 0 Å². The lowest BCUT2D eigenvalue weighted by molar-refractivity contribution is 0.191. The van der Waals surface area contributed by atoms with Crippen LogP contribution < -0.4 is 10.6 Å². The summed E-state index contributed by atoms with van der Waals surface area (Å²) >= 11 is 5.22. The SMILES string of the molecule is C=C(O)CN1N=CC(NC)=C(C(=S)NC)C1=C.C[C@H]1CCCC(C)(C)C1. The molecular formula is C20H34N4OS. The summed E-state index contributed by atoms with van der Waals surface area (Å²) in [5.74, 6) is 1.000. The predicted octanol–water partition coefficient (Wildman–Crippen LogP) is 4.12. The Bertz CT molecular complexity index is 607. The monoisotopic (exact) mass is 378 g/mol. The molecule has 1 heterocycles. The number of hydrogen-bond acceptors (Lipinski definition) is 5. The fourth-order valence-corrected chi connectivity index (χ4v) is 3.73. The Morgan fingerprint density at radius 1 is 1.46 bits per heavy atom. The maximum absolute atomic E-state index is 9.20. The molecule has 5 nitrogen and oxygen atoms in total. The number of rotatable bonds is 4. The molecule has 0 aromatic heterocycles. The van der Waals surface area contributed by atoms with Crippen LogP contribution in [0.25, 0.3) is 0 Å². The van der Waals surface area contributed by atoms with Gasteiger partial charge in [-0.1, -0.05) is 59.0 Å². The number of nitrogens with zero attached hydrogens (tertiary/aromatic N) is 2. The van der Waals surface area contributed by atoms with Gasteiger partial charge >= 0.3 is 0 Å². The number of hydrazone groups is 1. The molecule has 2 rings (SSSR count). The Balaban J connectivity index is 0.000000314. The van der Waals surface area contributed by atoms with E-state index < -0.39 is 0 Å². The van der Waals surface area contributed by atoms with Gasteiger partial charge in [0.05, 0.1) is 29.7 Å². The van der Waals surface area contributed by atoms with Crippen LogP contribution in [0.2, 0.25) is 0 Å². The fraction of sp³-hybridized carbons (Fsp3) is 0.600. The van der Waals surface area contributed by atoms with E-state index in [4.69, 9.17) is 12.2 Å². The van der Waals surface area contributed by atoms with E-state index in [-0.39, 0.29) is 12.3 Å². The molecule has 0 aromatic rings. The van der Waals surface area contributed by atoms with Crippen LogP contribution in [-0.4, -0.2) is 42.0 Å². The van der Waals surface area contributed by atoms with Crippen molar-refractivity contribution in [3.63, 3.8) is 0 Å². The molecule has 0 aromatic carbocycles. The van der Waals surface area contributed by atoms with Crippen LogP contribution in [0.4, 0.5) is 0 Å². The summed E-state index contributed by atoms with van der Waals surface area (Å²) in [5, 5.41) is 20.8. The molecule has 1 atom stereocenters.